The standard InChI is InChI=1S/C20H15N3O4/c1-11-7-8-13(12(2)9-11)19-22-23-20(27-19)21-18(25)15-10-26-16-6-4-3-5-14(16)17(15)24/h3-10H,1-2H3,(H,21,23,25). The van der Waals surface area contributed by atoms with Crippen LogP contribution in [0.25, 0.3) is 22.4 Å². The SMILES string of the molecule is Cc1ccc(-c2nnc(NC(=O)c3coc4ccccc4c3=O)o2)c(C)c1. The number of rotatable bonds is 3. The van der Waals surface area contributed by atoms with Crippen LogP contribution in [0.2, 0.25) is 0 Å². The van der Waals surface area contributed by atoms with Crippen LogP contribution in [0, 0.1) is 13.8 Å². The molecule has 134 valence electrons. The van der Waals surface area contributed by atoms with E-state index in [4.69, 9.17) is 8.83 Å². The predicted octanol–water partition coefficient (Wildman–Crippen LogP) is 3.71. The number of nitrogens with zero attached hydrogens (tertiary/aromatic N) is 2. The molecular formula is C20H15N3O4. The summed E-state index contributed by atoms with van der Waals surface area (Å²) in [6, 6.07) is 12.4. The second-order valence-corrected chi connectivity index (χ2v) is 6.16. The van der Waals surface area contributed by atoms with Gasteiger partial charge < -0.3 is 8.83 Å². The molecule has 7 nitrogen and oxygen atoms in total. The molecule has 0 radical (unpaired) electrons. The molecule has 0 aliphatic carbocycles. The van der Waals surface area contributed by atoms with Crippen LogP contribution < -0.4 is 10.7 Å². The van der Waals surface area contributed by atoms with E-state index in [0.717, 1.165) is 23.0 Å². The third-order valence-corrected chi connectivity index (χ3v) is 4.18. The van der Waals surface area contributed by atoms with E-state index in [9.17, 15) is 9.59 Å². The lowest BCUT2D eigenvalue weighted by Crippen LogP contribution is -2.21. The minimum atomic E-state index is -0.676. The van der Waals surface area contributed by atoms with Crippen molar-refractivity contribution in [1.29, 1.82) is 0 Å². The highest BCUT2D eigenvalue weighted by Crippen LogP contribution is 2.24. The summed E-state index contributed by atoms with van der Waals surface area (Å²) >= 11 is 0. The Labute approximate surface area is 153 Å². The van der Waals surface area contributed by atoms with Gasteiger partial charge in [0.25, 0.3) is 5.91 Å². The van der Waals surface area contributed by atoms with Gasteiger partial charge in [0.1, 0.15) is 17.4 Å². The Kier molecular flexibility index (Phi) is 4.04. The molecular weight excluding hydrogens is 346 g/mol. The summed E-state index contributed by atoms with van der Waals surface area (Å²) in [5, 5.41) is 10.6. The van der Waals surface area contributed by atoms with Crippen LogP contribution in [0.1, 0.15) is 21.5 Å². The molecule has 2 aromatic heterocycles. The van der Waals surface area contributed by atoms with Crippen LogP contribution in [-0.2, 0) is 0 Å². The third kappa shape index (κ3) is 3.10. The number of aromatic nitrogens is 2. The summed E-state index contributed by atoms with van der Waals surface area (Å²) in [5.74, 6) is -0.390. The number of nitrogens with one attached hydrogen (secondary N) is 1. The minimum Gasteiger partial charge on any atom is -0.463 e. The van der Waals surface area contributed by atoms with Gasteiger partial charge in [-0.2, -0.15) is 0 Å². The topological polar surface area (TPSA) is 98.2 Å². The highest BCUT2D eigenvalue weighted by Gasteiger charge is 2.18. The van der Waals surface area contributed by atoms with Gasteiger partial charge in [-0.05, 0) is 37.6 Å². The van der Waals surface area contributed by atoms with Gasteiger partial charge in [-0.3, -0.25) is 14.9 Å². The first-order valence-electron chi connectivity index (χ1n) is 8.26. The highest BCUT2D eigenvalue weighted by atomic mass is 16.4. The maximum atomic E-state index is 12.5. The molecule has 1 amide bonds. The Hall–Kier alpha value is -3.74. The number of hydrogen-bond acceptors (Lipinski definition) is 6. The first kappa shape index (κ1) is 16.7. The maximum Gasteiger partial charge on any atom is 0.322 e. The molecule has 7 heteroatoms. The van der Waals surface area contributed by atoms with E-state index in [0.29, 0.717) is 11.0 Å². The fraction of sp³-hybridized carbons (Fsp3) is 0.100. The van der Waals surface area contributed by atoms with Crippen LogP contribution >= 0.6 is 0 Å². The summed E-state index contributed by atoms with van der Waals surface area (Å²) in [6.45, 7) is 3.93. The first-order chi connectivity index (χ1) is 13.0. The number of para-hydroxylation sites is 1. The average Bonchev–Trinajstić information content (AvgIpc) is 3.10. The van der Waals surface area contributed by atoms with Gasteiger partial charge in [-0.15, -0.1) is 5.10 Å². The van der Waals surface area contributed by atoms with E-state index >= 15 is 0 Å². The molecule has 2 heterocycles. The van der Waals surface area contributed by atoms with Crippen molar-refractivity contribution in [1.82, 2.24) is 10.2 Å². The largest absolute Gasteiger partial charge is 0.463 e. The molecule has 0 atom stereocenters. The van der Waals surface area contributed by atoms with Crippen molar-refractivity contribution in [2.24, 2.45) is 0 Å². The Morgan fingerprint density at radius 1 is 1.07 bits per heavy atom. The molecule has 1 N–H and O–H groups in total. The van der Waals surface area contributed by atoms with E-state index in [-0.39, 0.29) is 17.5 Å². The van der Waals surface area contributed by atoms with Gasteiger partial charge in [0, 0.05) is 5.56 Å². The van der Waals surface area contributed by atoms with Crippen molar-refractivity contribution >= 4 is 22.9 Å². The molecule has 2 aromatic carbocycles. The second kappa shape index (κ2) is 6.53. The average molecular weight is 361 g/mol. The molecule has 0 saturated carbocycles. The first-order valence-corrected chi connectivity index (χ1v) is 8.26. The molecule has 0 fully saturated rings. The zero-order valence-corrected chi connectivity index (χ0v) is 14.6. The molecule has 4 rings (SSSR count). The van der Waals surface area contributed by atoms with Gasteiger partial charge in [0.05, 0.1) is 5.39 Å². The molecule has 0 spiro atoms. The smallest absolute Gasteiger partial charge is 0.322 e. The quantitative estimate of drug-likeness (QED) is 0.597. The summed E-state index contributed by atoms with van der Waals surface area (Å²) in [5.41, 5.74) is 2.72. The monoisotopic (exact) mass is 361 g/mol. The van der Waals surface area contributed by atoms with E-state index < -0.39 is 11.3 Å². The lowest BCUT2D eigenvalue weighted by atomic mass is 10.1. The van der Waals surface area contributed by atoms with Crippen molar-refractivity contribution in [2.45, 2.75) is 13.8 Å². The van der Waals surface area contributed by atoms with Gasteiger partial charge in [-0.1, -0.05) is 34.9 Å². The Bertz CT molecular complexity index is 1220. The van der Waals surface area contributed by atoms with Crippen molar-refractivity contribution in [3.63, 3.8) is 0 Å². The van der Waals surface area contributed by atoms with Crippen molar-refractivity contribution in [2.75, 3.05) is 5.32 Å². The number of carbonyl (C=O) groups is 1. The van der Waals surface area contributed by atoms with Gasteiger partial charge >= 0.3 is 6.01 Å². The van der Waals surface area contributed by atoms with Gasteiger partial charge in [0.2, 0.25) is 11.3 Å². The predicted molar refractivity (Wildman–Crippen MR) is 99.6 cm³/mol. The van der Waals surface area contributed by atoms with Crippen molar-refractivity contribution in [3.8, 4) is 11.5 Å². The molecule has 27 heavy (non-hydrogen) atoms. The summed E-state index contributed by atoms with van der Waals surface area (Å²) < 4.78 is 10.9. The number of amides is 1. The molecule has 4 aromatic rings. The molecule has 0 aliphatic rings. The lowest BCUT2D eigenvalue weighted by Gasteiger charge is -2.02. The minimum absolute atomic E-state index is 0.0949. The molecule has 0 unspecified atom stereocenters. The van der Waals surface area contributed by atoms with Gasteiger partial charge in [0.15, 0.2) is 0 Å². The highest BCUT2D eigenvalue weighted by molar-refractivity contribution is 6.04. The van der Waals surface area contributed by atoms with Crippen LogP contribution in [0.5, 0.6) is 0 Å². The van der Waals surface area contributed by atoms with Gasteiger partial charge in [-0.25, -0.2) is 0 Å². The van der Waals surface area contributed by atoms with Crippen LogP contribution in [-0.4, -0.2) is 16.1 Å². The van der Waals surface area contributed by atoms with E-state index in [1.54, 1.807) is 24.3 Å². The Balaban J connectivity index is 1.62. The van der Waals surface area contributed by atoms with E-state index in [2.05, 4.69) is 15.5 Å². The summed E-state index contributed by atoms with van der Waals surface area (Å²) in [7, 11) is 0. The van der Waals surface area contributed by atoms with E-state index in [1.807, 2.05) is 32.0 Å². The Morgan fingerprint density at radius 3 is 2.70 bits per heavy atom. The van der Waals surface area contributed by atoms with Crippen LogP contribution in [0.15, 0.2) is 62.4 Å². The summed E-state index contributed by atoms with van der Waals surface area (Å²) in [6.07, 6.45) is 1.13. The van der Waals surface area contributed by atoms with Crippen molar-refractivity contribution in [3.05, 3.63) is 75.6 Å². The number of fused-ring (bicyclic) bond motifs is 1. The zero-order chi connectivity index (χ0) is 19.0. The van der Waals surface area contributed by atoms with E-state index in [1.165, 1.54) is 0 Å². The number of benzene rings is 2. The maximum absolute atomic E-state index is 12.5. The number of carbonyl (C=O) groups excluding carboxylic acids is 1. The zero-order valence-electron chi connectivity index (χ0n) is 14.6. The molecule has 0 aliphatic heterocycles. The van der Waals surface area contributed by atoms with Crippen LogP contribution in [0.4, 0.5) is 6.01 Å². The van der Waals surface area contributed by atoms with Crippen LogP contribution in [0.3, 0.4) is 0 Å². The third-order valence-electron chi connectivity index (χ3n) is 4.18. The fourth-order valence-corrected chi connectivity index (χ4v) is 2.84. The number of hydrogen-bond donors (Lipinski definition) is 1. The molecule has 0 bridgehead atoms. The molecule has 0 saturated heterocycles. The number of aryl methyl sites for hydroxylation is 2. The Morgan fingerprint density at radius 2 is 1.89 bits per heavy atom. The number of anilines is 1. The normalized spacial score (nSPS) is 10.9. The van der Waals surface area contributed by atoms with Crippen molar-refractivity contribution < 1.29 is 13.6 Å². The summed E-state index contributed by atoms with van der Waals surface area (Å²) in [4.78, 5) is 24.9. The second-order valence-electron chi connectivity index (χ2n) is 6.16. The lowest BCUT2D eigenvalue weighted by molar-refractivity contribution is 0.102. The fourth-order valence-electron chi connectivity index (χ4n) is 2.84.